The Labute approximate surface area is 64.8 Å². The summed E-state index contributed by atoms with van der Waals surface area (Å²) in [6.45, 7) is 2.18. The minimum atomic E-state index is 0.172. The van der Waals surface area contributed by atoms with E-state index in [1.807, 2.05) is 0 Å². The summed E-state index contributed by atoms with van der Waals surface area (Å²) in [6, 6.07) is 0. The van der Waals surface area contributed by atoms with Crippen LogP contribution in [-0.4, -0.2) is 4.32 Å². The Morgan fingerprint density at radius 3 is 2.33 bits per heavy atom. The average Bonchev–Trinajstić information content (AvgIpc) is 1.90. The highest BCUT2D eigenvalue weighted by Crippen LogP contribution is 2.28. The second kappa shape index (κ2) is 2.70. The fourth-order valence-corrected chi connectivity index (χ4v) is 1.27. The number of alkyl halides is 1. The van der Waals surface area contributed by atoms with Gasteiger partial charge in [0.25, 0.3) is 0 Å². The van der Waals surface area contributed by atoms with E-state index in [0.717, 1.165) is 12.8 Å². The number of hydrogen-bond donors (Lipinski definition) is 0. The van der Waals surface area contributed by atoms with Crippen molar-refractivity contribution in [3.8, 4) is 0 Å². The number of allylic oxidation sites excluding steroid dienone is 4. The first-order valence-electron chi connectivity index (χ1n) is 3.31. The molecule has 0 N–H and O–H groups in total. The van der Waals surface area contributed by atoms with E-state index in [1.54, 1.807) is 0 Å². The SMILES string of the molecule is CCC1(Br)C=CCC=C1. The molecule has 0 heterocycles. The van der Waals surface area contributed by atoms with Crippen LogP contribution >= 0.6 is 15.9 Å². The van der Waals surface area contributed by atoms with Gasteiger partial charge in [-0.05, 0) is 12.8 Å². The van der Waals surface area contributed by atoms with Crippen molar-refractivity contribution >= 4 is 15.9 Å². The van der Waals surface area contributed by atoms with E-state index >= 15 is 0 Å². The molecule has 1 aliphatic rings. The first-order chi connectivity index (χ1) is 4.27. The summed E-state index contributed by atoms with van der Waals surface area (Å²) in [4.78, 5) is 0. The van der Waals surface area contributed by atoms with Crippen molar-refractivity contribution < 1.29 is 0 Å². The van der Waals surface area contributed by atoms with Gasteiger partial charge in [0, 0.05) is 0 Å². The van der Waals surface area contributed by atoms with Gasteiger partial charge in [0.05, 0.1) is 4.32 Å². The maximum absolute atomic E-state index is 3.62. The van der Waals surface area contributed by atoms with Crippen molar-refractivity contribution in [3.63, 3.8) is 0 Å². The quantitative estimate of drug-likeness (QED) is 0.437. The highest BCUT2D eigenvalue weighted by molar-refractivity contribution is 9.10. The average molecular weight is 187 g/mol. The van der Waals surface area contributed by atoms with Crippen LogP contribution in [0.15, 0.2) is 24.3 Å². The van der Waals surface area contributed by atoms with Crippen LogP contribution < -0.4 is 0 Å². The van der Waals surface area contributed by atoms with Gasteiger partial charge in [0.1, 0.15) is 0 Å². The molecule has 0 aromatic heterocycles. The number of halogens is 1. The summed E-state index contributed by atoms with van der Waals surface area (Å²) < 4.78 is 0.172. The highest BCUT2D eigenvalue weighted by atomic mass is 79.9. The summed E-state index contributed by atoms with van der Waals surface area (Å²) in [5, 5.41) is 0. The van der Waals surface area contributed by atoms with Crippen LogP contribution in [0.5, 0.6) is 0 Å². The normalized spacial score (nSPS) is 22.4. The Morgan fingerprint density at radius 1 is 1.44 bits per heavy atom. The van der Waals surface area contributed by atoms with Crippen molar-refractivity contribution in [1.82, 2.24) is 0 Å². The summed E-state index contributed by atoms with van der Waals surface area (Å²) >= 11 is 3.62. The van der Waals surface area contributed by atoms with Gasteiger partial charge in [0.2, 0.25) is 0 Å². The molecule has 0 aromatic carbocycles. The Balaban J connectivity index is 2.67. The van der Waals surface area contributed by atoms with Crippen molar-refractivity contribution in [2.45, 2.75) is 24.1 Å². The molecule has 1 heteroatoms. The zero-order chi connectivity index (χ0) is 6.74. The second-order valence-corrected chi connectivity index (χ2v) is 3.80. The molecule has 0 saturated carbocycles. The standard InChI is InChI=1S/C8H11Br/c1-2-8(9)6-4-3-5-7-8/h4-7H,2-3H2,1H3. The maximum atomic E-state index is 3.62. The van der Waals surface area contributed by atoms with Gasteiger partial charge in [-0.1, -0.05) is 47.2 Å². The predicted octanol–water partition coefficient (Wildman–Crippen LogP) is 3.05. The van der Waals surface area contributed by atoms with Crippen LogP contribution in [0.2, 0.25) is 0 Å². The molecule has 0 nitrogen and oxygen atoms in total. The Hall–Kier alpha value is -0.0400. The smallest absolute Gasteiger partial charge is 0.0614 e. The third-order valence-corrected chi connectivity index (χ3v) is 2.69. The van der Waals surface area contributed by atoms with E-state index in [9.17, 15) is 0 Å². The van der Waals surface area contributed by atoms with Gasteiger partial charge < -0.3 is 0 Å². The molecule has 0 spiro atoms. The monoisotopic (exact) mass is 186 g/mol. The summed E-state index contributed by atoms with van der Waals surface area (Å²) in [5.41, 5.74) is 0. The molecule has 9 heavy (non-hydrogen) atoms. The molecule has 0 amide bonds. The molecule has 0 bridgehead atoms. The van der Waals surface area contributed by atoms with Gasteiger partial charge in [-0.25, -0.2) is 0 Å². The van der Waals surface area contributed by atoms with E-state index in [4.69, 9.17) is 0 Å². The summed E-state index contributed by atoms with van der Waals surface area (Å²) in [5.74, 6) is 0. The van der Waals surface area contributed by atoms with Gasteiger partial charge in [-0.3, -0.25) is 0 Å². The van der Waals surface area contributed by atoms with Gasteiger partial charge in [-0.2, -0.15) is 0 Å². The lowest BCUT2D eigenvalue weighted by Crippen LogP contribution is -2.13. The fourth-order valence-electron chi connectivity index (χ4n) is 0.898. The van der Waals surface area contributed by atoms with E-state index in [0.29, 0.717) is 0 Å². The summed E-state index contributed by atoms with van der Waals surface area (Å²) in [7, 11) is 0. The van der Waals surface area contributed by atoms with Crippen LogP contribution in [-0.2, 0) is 0 Å². The van der Waals surface area contributed by atoms with Crippen molar-refractivity contribution in [2.24, 2.45) is 0 Å². The van der Waals surface area contributed by atoms with Crippen LogP contribution in [0.1, 0.15) is 19.8 Å². The van der Waals surface area contributed by atoms with E-state index in [2.05, 4.69) is 47.2 Å². The first-order valence-corrected chi connectivity index (χ1v) is 4.10. The van der Waals surface area contributed by atoms with E-state index < -0.39 is 0 Å². The van der Waals surface area contributed by atoms with Crippen LogP contribution in [0, 0.1) is 0 Å². The molecule has 0 radical (unpaired) electrons. The van der Waals surface area contributed by atoms with Crippen LogP contribution in [0.3, 0.4) is 0 Å². The van der Waals surface area contributed by atoms with Crippen molar-refractivity contribution in [1.29, 1.82) is 0 Å². The van der Waals surface area contributed by atoms with E-state index in [-0.39, 0.29) is 4.32 Å². The fraction of sp³-hybridized carbons (Fsp3) is 0.500. The summed E-state index contributed by atoms with van der Waals surface area (Å²) in [6.07, 6.45) is 11.0. The van der Waals surface area contributed by atoms with Gasteiger partial charge in [0.15, 0.2) is 0 Å². The predicted molar refractivity (Wildman–Crippen MR) is 44.8 cm³/mol. The second-order valence-electron chi connectivity index (χ2n) is 2.32. The largest absolute Gasteiger partial charge is 0.0830 e. The highest BCUT2D eigenvalue weighted by Gasteiger charge is 2.17. The molecule has 0 aromatic rings. The third-order valence-electron chi connectivity index (χ3n) is 1.60. The van der Waals surface area contributed by atoms with Crippen molar-refractivity contribution in [2.75, 3.05) is 0 Å². The molecule has 1 rings (SSSR count). The minimum Gasteiger partial charge on any atom is -0.0830 e. The lowest BCUT2D eigenvalue weighted by molar-refractivity contribution is 0.829. The maximum Gasteiger partial charge on any atom is 0.0614 e. The molecule has 0 unspecified atom stereocenters. The molecule has 0 fully saturated rings. The van der Waals surface area contributed by atoms with E-state index in [1.165, 1.54) is 0 Å². The zero-order valence-electron chi connectivity index (χ0n) is 5.60. The lowest BCUT2D eigenvalue weighted by atomic mass is 10.0. The molecule has 0 atom stereocenters. The zero-order valence-corrected chi connectivity index (χ0v) is 7.19. The lowest BCUT2D eigenvalue weighted by Gasteiger charge is -2.19. The molecule has 1 aliphatic carbocycles. The molecular formula is C8H11Br. The van der Waals surface area contributed by atoms with Crippen molar-refractivity contribution in [3.05, 3.63) is 24.3 Å². The van der Waals surface area contributed by atoms with Gasteiger partial charge in [-0.15, -0.1) is 0 Å². The van der Waals surface area contributed by atoms with Gasteiger partial charge >= 0.3 is 0 Å². The van der Waals surface area contributed by atoms with Crippen LogP contribution in [0.25, 0.3) is 0 Å². The Kier molecular flexibility index (Phi) is 2.12. The number of hydrogen-bond acceptors (Lipinski definition) is 0. The molecule has 0 saturated heterocycles. The number of rotatable bonds is 1. The molecule has 50 valence electrons. The topological polar surface area (TPSA) is 0 Å². The Morgan fingerprint density at radius 2 is 2.00 bits per heavy atom. The first kappa shape index (κ1) is 7.07. The molecule has 0 aliphatic heterocycles. The minimum absolute atomic E-state index is 0.172. The third kappa shape index (κ3) is 1.68. The molecular weight excluding hydrogens is 176 g/mol. The Bertz CT molecular complexity index is 133. The van der Waals surface area contributed by atoms with Crippen LogP contribution in [0.4, 0.5) is 0 Å².